The molecule has 3 aromatic rings. The molecule has 4 N–H and O–H groups in total. The van der Waals surface area contributed by atoms with E-state index in [4.69, 9.17) is 0 Å². The van der Waals surface area contributed by atoms with Crippen molar-refractivity contribution in [1.29, 1.82) is 0 Å². The molecule has 0 aliphatic heterocycles. The number of aromatic hydroxyl groups is 2. The normalized spacial score (nSPS) is 10.6. The molecule has 0 radical (unpaired) electrons. The molecule has 7 heteroatoms. The van der Waals surface area contributed by atoms with E-state index in [9.17, 15) is 10.2 Å². The zero-order valence-electron chi connectivity index (χ0n) is 14.9. The van der Waals surface area contributed by atoms with Gasteiger partial charge in [-0.3, -0.25) is 0 Å². The second-order valence-electron chi connectivity index (χ2n) is 6.00. The van der Waals surface area contributed by atoms with Gasteiger partial charge in [-0.2, -0.15) is 15.0 Å². The van der Waals surface area contributed by atoms with Crippen LogP contribution < -0.4 is 10.6 Å². The van der Waals surface area contributed by atoms with E-state index in [1.807, 2.05) is 45.0 Å². The molecular formula is C19H21N5O2. The van der Waals surface area contributed by atoms with E-state index in [0.29, 0.717) is 35.5 Å². The van der Waals surface area contributed by atoms with Crippen LogP contribution in [0, 0.1) is 13.8 Å². The topological polar surface area (TPSA) is 103 Å². The molecule has 0 unspecified atom stereocenters. The monoisotopic (exact) mass is 351 g/mol. The average molecular weight is 351 g/mol. The Morgan fingerprint density at radius 1 is 0.769 bits per heavy atom. The van der Waals surface area contributed by atoms with Crippen LogP contribution in [-0.4, -0.2) is 25.2 Å². The van der Waals surface area contributed by atoms with Crippen molar-refractivity contribution in [2.24, 2.45) is 0 Å². The highest BCUT2D eigenvalue weighted by Crippen LogP contribution is 2.25. The molecule has 134 valence electrons. The lowest BCUT2D eigenvalue weighted by molar-refractivity contribution is 0.471. The zero-order chi connectivity index (χ0) is 18.7. The van der Waals surface area contributed by atoms with E-state index in [-0.39, 0.29) is 11.5 Å². The molecule has 7 nitrogen and oxygen atoms in total. The number of rotatable bonds is 5. The van der Waals surface area contributed by atoms with Gasteiger partial charge in [0.1, 0.15) is 17.3 Å². The lowest BCUT2D eigenvalue weighted by atomic mass is 10.2. The van der Waals surface area contributed by atoms with Crippen LogP contribution >= 0.6 is 0 Å². The highest BCUT2D eigenvalue weighted by molar-refractivity contribution is 5.61. The van der Waals surface area contributed by atoms with E-state index >= 15 is 0 Å². The number of aromatic nitrogens is 3. The first-order chi connectivity index (χ1) is 12.4. The molecule has 2 aromatic carbocycles. The molecule has 0 amide bonds. The third kappa shape index (κ3) is 4.00. The van der Waals surface area contributed by atoms with E-state index in [0.717, 1.165) is 11.1 Å². The first-order valence-corrected chi connectivity index (χ1v) is 8.33. The predicted octanol–water partition coefficient (Wildman–Crippen LogP) is 3.95. The van der Waals surface area contributed by atoms with Gasteiger partial charge >= 0.3 is 0 Å². The number of anilines is 4. The summed E-state index contributed by atoms with van der Waals surface area (Å²) in [5.74, 6) is 1.78. The first kappa shape index (κ1) is 17.5. The molecule has 1 aromatic heterocycles. The molecule has 0 fully saturated rings. The summed E-state index contributed by atoms with van der Waals surface area (Å²) in [5.41, 5.74) is 2.95. The van der Waals surface area contributed by atoms with Crippen LogP contribution in [-0.2, 0) is 6.42 Å². The van der Waals surface area contributed by atoms with Crippen molar-refractivity contribution in [2.45, 2.75) is 27.2 Å². The molecule has 0 saturated carbocycles. The highest BCUT2D eigenvalue weighted by atomic mass is 16.3. The van der Waals surface area contributed by atoms with Crippen molar-refractivity contribution >= 4 is 23.3 Å². The summed E-state index contributed by atoms with van der Waals surface area (Å²) in [6.07, 6.45) is 0.643. The largest absolute Gasteiger partial charge is 0.508 e. The van der Waals surface area contributed by atoms with Crippen LogP contribution in [0.2, 0.25) is 0 Å². The fourth-order valence-electron chi connectivity index (χ4n) is 2.32. The van der Waals surface area contributed by atoms with E-state index in [1.54, 1.807) is 12.1 Å². The quantitative estimate of drug-likeness (QED) is 0.552. The maximum Gasteiger partial charge on any atom is 0.232 e. The summed E-state index contributed by atoms with van der Waals surface area (Å²) >= 11 is 0. The maximum atomic E-state index is 9.85. The Labute approximate surface area is 151 Å². The van der Waals surface area contributed by atoms with Gasteiger partial charge in [-0.1, -0.05) is 19.1 Å². The molecule has 0 bridgehead atoms. The lowest BCUT2D eigenvalue weighted by Gasteiger charge is -2.11. The second-order valence-corrected chi connectivity index (χ2v) is 6.00. The summed E-state index contributed by atoms with van der Waals surface area (Å²) < 4.78 is 0. The average Bonchev–Trinajstić information content (AvgIpc) is 2.61. The van der Waals surface area contributed by atoms with Gasteiger partial charge in [-0.15, -0.1) is 0 Å². The Morgan fingerprint density at radius 3 is 1.62 bits per heavy atom. The number of nitrogens with zero attached hydrogens (tertiary/aromatic N) is 3. The molecule has 26 heavy (non-hydrogen) atoms. The van der Waals surface area contributed by atoms with Gasteiger partial charge < -0.3 is 20.8 Å². The molecule has 0 atom stereocenters. The molecule has 0 aliphatic rings. The fraction of sp³-hybridized carbons (Fsp3) is 0.211. The molecule has 0 aliphatic carbocycles. The fourth-order valence-corrected chi connectivity index (χ4v) is 2.32. The molecule has 1 heterocycles. The SMILES string of the molecule is CCc1nc(Nc2ccc(C)c(O)c2)nc(Nc2ccc(C)c(O)c2)n1. The van der Waals surface area contributed by atoms with Crippen LogP contribution in [0.4, 0.5) is 23.3 Å². The number of hydrogen-bond donors (Lipinski definition) is 4. The lowest BCUT2D eigenvalue weighted by Crippen LogP contribution is -2.07. The molecule has 3 rings (SSSR count). The number of hydrogen-bond acceptors (Lipinski definition) is 7. The minimum Gasteiger partial charge on any atom is -0.508 e. The van der Waals surface area contributed by atoms with Crippen LogP contribution in [0.3, 0.4) is 0 Å². The van der Waals surface area contributed by atoms with E-state index < -0.39 is 0 Å². The number of nitrogens with one attached hydrogen (secondary N) is 2. The number of phenols is 2. The van der Waals surface area contributed by atoms with Crippen molar-refractivity contribution in [1.82, 2.24) is 15.0 Å². The van der Waals surface area contributed by atoms with Crippen molar-refractivity contribution < 1.29 is 10.2 Å². The maximum absolute atomic E-state index is 9.85. The Balaban J connectivity index is 1.88. The number of benzene rings is 2. The van der Waals surface area contributed by atoms with Gasteiger partial charge in [0.15, 0.2) is 0 Å². The molecular weight excluding hydrogens is 330 g/mol. The summed E-state index contributed by atoms with van der Waals surface area (Å²) in [5, 5.41) is 25.9. The summed E-state index contributed by atoms with van der Waals surface area (Å²) in [7, 11) is 0. The predicted molar refractivity (Wildman–Crippen MR) is 101 cm³/mol. The Bertz CT molecular complexity index is 871. The van der Waals surface area contributed by atoms with Crippen LogP contribution in [0.1, 0.15) is 23.9 Å². The Kier molecular flexibility index (Phi) is 4.88. The third-order valence-corrected chi connectivity index (χ3v) is 3.93. The third-order valence-electron chi connectivity index (χ3n) is 3.93. The van der Waals surface area contributed by atoms with Gasteiger partial charge in [0, 0.05) is 29.9 Å². The van der Waals surface area contributed by atoms with E-state index in [2.05, 4.69) is 25.6 Å². The first-order valence-electron chi connectivity index (χ1n) is 8.33. The van der Waals surface area contributed by atoms with Gasteiger partial charge in [-0.25, -0.2) is 0 Å². The van der Waals surface area contributed by atoms with Crippen molar-refractivity contribution in [3.63, 3.8) is 0 Å². The zero-order valence-corrected chi connectivity index (χ0v) is 14.9. The van der Waals surface area contributed by atoms with Gasteiger partial charge in [0.05, 0.1) is 0 Å². The summed E-state index contributed by atoms with van der Waals surface area (Å²) in [6.45, 7) is 5.62. The smallest absolute Gasteiger partial charge is 0.232 e. The minimum atomic E-state index is 0.202. The van der Waals surface area contributed by atoms with Crippen LogP contribution in [0.15, 0.2) is 36.4 Å². The minimum absolute atomic E-state index is 0.202. The number of phenolic OH excluding ortho intramolecular Hbond substituents is 2. The van der Waals surface area contributed by atoms with Crippen LogP contribution in [0.5, 0.6) is 11.5 Å². The van der Waals surface area contributed by atoms with Crippen LogP contribution in [0.25, 0.3) is 0 Å². The number of aryl methyl sites for hydroxylation is 3. The standard InChI is InChI=1S/C19H21N5O2/c1-4-17-22-18(20-13-7-5-11(2)15(25)9-13)24-19(23-17)21-14-8-6-12(3)16(26)10-14/h5-10,25-26H,4H2,1-3H3,(H2,20,21,22,23,24). The van der Waals surface area contributed by atoms with Gasteiger partial charge in [0.2, 0.25) is 11.9 Å². The van der Waals surface area contributed by atoms with Gasteiger partial charge in [-0.05, 0) is 37.1 Å². The Hall–Kier alpha value is -3.35. The highest BCUT2D eigenvalue weighted by Gasteiger charge is 2.08. The van der Waals surface area contributed by atoms with Crippen molar-refractivity contribution in [2.75, 3.05) is 10.6 Å². The summed E-state index contributed by atoms with van der Waals surface area (Å²) in [4.78, 5) is 13.1. The second kappa shape index (κ2) is 7.26. The molecule has 0 spiro atoms. The van der Waals surface area contributed by atoms with Gasteiger partial charge in [0.25, 0.3) is 0 Å². The molecule has 0 saturated heterocycles. The summed E-state index contributed by atoms with van der Waals surface area (Å²) in [6, 6.07) is 10.6. The van der Waals surface area contributed by atoms with Crippen molar-refractivity contribution in [3.05, 3.63) is 53.3 Å². The van der Waals surface area contributed by atoms with Crippen molar-refractivity contribution in [3.8, 4) is 11.5 Å². The van der Waals surface area contributed by atoms with E-state index in [1.165, 1.54) is 0 Å². The Morgan fingerprint density at radius 2 is 1.23 bits per heavy atom.